The summed E-state index contributed by atoms with van der Waals surface area (Å²) in [6.07, 6.45) is 6.66. The number of carbonyl (C=O) groups is 1. The molecule has 0 atom stereocenters. The highest BCUT2D eigenvalue weighted by atomic mass is 16.5. The van der Waals surface area contributed by atoms with E-state index < -0.39 is 0 Å². The van der Waals surface area contributed by atoms with Gasteiger partial charge in [0.15, 0.2) is 0 Å². The van der Waals surface area contributed by atoms with Gasteiger partial charge in [-0.05, 0) is 17.7 Å². The minimum absolute atomic E-state index is 0.0443. The number of furan rings is 1. The van der Waals surface area contributed by atoms with E-state index in [0.717, 1.165) is 11.1 Å². The summed E-state index contributed by atoms with van der Waals surface area (Å²) in [6, 6.07) is 11.6. The Bertz CT molecular complexity index is 561. The maximum Gasteiger partial charge on any atom is 0.246 e. The molecule has 0 aliphatic rings. The summed E-state index contributed by atoms with van der Waals surface area (Å²) in [5.74, 6) is -0.0443. The molecule has 4 nitrogen and oxygen atoms in total. The summed E-state index contributed by atoms with van der Waals surface area (Å²) in [4.78, 5) is 14.0. The van der Waals surface area contributed by atoms with Crippen molar-refractivity contribution in [3.8, 4) is 0 Å². The fourth-order valence-corrected chi connectivity index (χ4v) is 1.91. The second kappa shape index (κ2) is 8.07. The van der Waals surface area contributed by atoms with Gasteiger partial charge in [0, 0.05) is 31.8 Å². The second-order valence-electron chi connectivity index (χ2n) is 4.63. The number of methoxy groups -OCH3 is 1. The van der Waals surface area contributed by atoms with Crippen molar-refractivity contribution >= 4 is 12.0 Å². The predicted molar refractivity (Wildman–Crippen MR) is 81.5 cm³/mol. The van der Waals surface area contributed by atoms with E-state index in [4.69, 9.17) is 9.15 Å². The van der Waals surface area contributed by atoms with Crippen molar-refractivity contribution in [2.45, 2.75) is 6.54 Å². The molecular formula is C17H19NO3. The molecule has 0 spiro atoms. The Labute approximate surface area is 124 Å². The van der Waals surface area contributed by atoms with Crippen molar-refractivity contribution in [1.29, 1.82) is 0 Å². The molecule has 21 heavy (non-hydrogen) atoms. The lowest BCUT2D eigenvalue weighted by atomic mass is 10.2. The highest BCUT2D eigenvalue weighted by Gasteiger charge is 2.11. The summed E-state index contributed by atoms with van der Waals surface area (Å²) in [7, 11) is 1.63. The smallest absolute Gasteiger partial charge is 0.246 e. The van der Waals surface area contributed by atoms with E-state index in [1.807, 2.05) is 42.5 Å². The lowest BCUT2D eigenvalue weighted by Gasteiger charge is -2.20. The predicted octanol–water partition coefficient (Wildman–Crippen LogP) is 2.97. The van der Waals surface area contributed by atoms with Crippen LogP contribution in [0.4, 0.5) is 0 Å². The fourth-order valence-electron chi connectivity index (χ4n) is 1.91. The highest BCUT2D eigenvalue weighted by molar-refractivity contribution is 5.91. The summed E-state index contributed by atoms with van der Waals surface area (Å²) >= 11 is 0. The van der Waals surface area contributed by atoms with E-state index in [1.165, 1.54) is 0 Å². The van der Waals surface area contributed by atoms with Gasteiger partial charge in [0.05, 0.1) is 19.1 Å². The van der Waals surface area contributed by atoms with Gasteiger partial charge in [-0.25, -0.2) is 0 Å². The van der Waals surface area contributed by atoms with E-state index in [1.54, 1.807) is 30.6 Å². The van der Waals surface area contributed by atoms with Gasteiger partial charge in [0.25, 0.3) is 0 Å². The molecule has 2 rings (SSSR count). The topological polar surface area (TPSA) is 42.7 Å². The average molecular weight is 285 g/mol. The van der Waals surface area contributed by atoms with Gasteiger partial charge in [-0.1, -0.05) is 30.3 Å². The van der Waals surface area contributed by atoms with E-state index in [9.17, 15) is 4.79 Å². The van der Waals surface area contributed by atoms with Gasteiger partial charge in [-0.2, -0.15) is 0 Å². The summed E-state index contributed by atoms with van der Waals surface area (Å²) in [5.41, 5.74) is 1.97. The fraction of sp³-hybridized carbons (Fsp3) is 0.235. The molecule has 0 bridgehead atoms. The maximum atomic E-state index is 12.3. The number of hydrogen-bond acceptors (Lipinski definition) is 3. The number of carbonyl (C=O) groups excluding carboxylic acids is 1. The molecule has 1 amide bonds. The number of ether oxygens (including phenoxy) is 1. The first-order chi connectivity index (χ1) is 10.3. The third-order valence-corrected chi connectivity index (χ3v) is 3.05. The van der Waals surface area contributed by atoms with Crippen LogP contribution in [0.25, 0.3) is 6.08 Å². The molecule has 0 saturated heterocycles. The third kappa shape index (κ3) is 4.93. The minimum Gasteiger partial charge on any atom is -0.472 e. The van der Waals surface area contributed by atoms with Crippen molar-refractivity contribution in [3.05, 3.63) is 66.1 Å². The van der Waals surface area contributed by atoms with Gasteiger partial charge in [0.1, 0.15) is 0 Å². The van der Waals surface area contributed by atoms with Crippen molar-refractivity contribution in [2.24, 2.45) is 0 Å². The molecule has 110 valence electrons. The molecular weight excluding hydrogens is 266 g/mol. The summed E-state index contributed by atoms with van der Waals surface area (Å²) in [6.45, 7) is 1.56. The lowest BCUT2D eigenvalue weighted by molar-refractivity contribution is -0.127. The summed E-state index contributed by atoms with van der Waals surface area (Å²) in [5, 5.41) is 0. The Morgan fingerprint density at radius 1 is 1.29 bits per heavy atom. The monoisotopic (exact) mass is 285 g/mol. The molecule has 1 aromatic heterocycles. The quantitative estimate of drug-likeness (QED) is 0.734. The first kappa shape index (κ1) is 15.1. The van der Waals surface area contributed by atoms with Crippen LogP contribution in [0.2, 0.25) is 0 Å². The van der Waals surface area contributed by atoms with Gasteiger partial charge in [-0.15, -0.1) is 0 Å². The number of rotatable bonds is 7. The zero-order chi connectivity index (χ0) is 14.9. The van der Waals surface area contributed by atoms with E-state index in [-0.39, 0.29) is 5.91 Å². The van der Waals surface area contributed by atoms with Gasteiger partial charge >= 0.3 is 0 Å². The molecule has 1 aromatic carbocycles. The first-order valence-electron chi connectivity index (χ1n) is 6.81. The molecule has 0 fully saturated rings. The molecule has 2 aromatic rings. The Kier molecular flexibility index (Phi) is 5.79. The lowest BCUT2D eigenvalue weighted by Crippen LogP contribution is -2.31. The highest BCUT2D eigenvalue weighted by Crippen LogP contribution is 2.07. The van der Waals surface area contributed by atoms with Crippen molar-refractivity contribution in [1.82, 2.24) is 4.90 Å². The third-order valence-electron chi connectivity index (χ3n) is 3.05. The van der Waals surface area contributed by atoms with Crippen molar-refractivity contribution < 1.29 is 13.9 Å². The zero-order valence-corrected chi connectivity index (χ0v) is 12.1. The van der Waals surface area contributed by atoms with Gasteiger partial charge in [-0.3, -0.25) is 4.79 Å². The Morgan fingerprint density at radius 2 is 2.10 bits per heavy atom. The van der Waals surface area contributed by atoms with Crippen LogP contribution in [0.5, 0.6) is 0 Å². The van der Waals surface area contributed by atoms with Crippen LogP contribution in [0.15, 0.2) is 59.4 Å². The summed E-state index contributed by atoms with van der Waals surface area (Å²) < 4.78 is 10.1. The van der Waals surface area contributed by atoms with Crippen LogP contribution in [-0.2, 0) is 16.1 Å². The molecule has 0 N–H and O–H groups in total. The SMILES string of the molecule is COCCN(Cc1ccoc1)C(=O)/C=C/c1ccccc1. The maximum absolute atomic E-state index is 12.3. The van der Waals surface area contributed by atoms with Crippen LogP contribution in [0, 0.1) is 0 Å². The molecule has 1 heterocycles. The van der Waals surface area contributed by atoms with E-state index >= 15 is 0 Å². The van der Waals surface area contributed by atoms with Crippen molar-refractivity contribution in [3.63, 3.8) is 0 Å². The van der Waals surface area contributed by atoms with Gasteiger partial charge < -0.3 is 14.1 Å². The molecule has 0 aliphatic carbocycles. The van der Waals surface area contributed by atoms with Crippen LogP contribution in [0.1, 0.15) is 11.1 Å². The molecule has 0 saturated carbocycles. The Hall–Kier alpha value is -2.33. The molecule has 0 unspecified atom stereocenters. The number of benzene rings is 1. The Morgan fingerprint density at radius 3 is 2.76 bits per heavy atom. The minimum atomic E-state index is -0.0443. The largest absolute Gasteiger partial charge is 0.472 e. The van der Waals surface area contributed by atoms with Crippen LogP contribution in [0.3, 0.4) is 0 Å². The Balaban J connectivity index is 2.01. The van der Waals surface area contributed by atoms with E-state index in [0.29, 0.717) is 19.7 Å². The number of hydrogen-bond donors (Lipinski definition) is 0. The van der Waals surface area contributed by atoms with Crippen LogP contribution < -0.4 is 0 Å². The van der Waals surface area contributed by atoms with Crippen molar-refractivity contribution in [2.75, 3.05) is 20.3 Å². The second-order valence-corrected chi connectivity index (χ2v) is 4.63. The first-order valence-corrected chi connectivity index (χ1v) is 6.81. The van der Waals surface area contributed by atoms with E-state index in [2.05, 4.69) is 0 Å². The van der Waals surface area contributed by atoms with Gasteiger partial charge in [0.2, 0.25) is 5.91 Å². The zero-order valence-electron chi connectivity index (χ0n) is 12.1. The number of nitrogens with zero attached hydrogens (tertiary/aromatic N) is 1. The standard InChI is InChI=1S/C17H19NO3/c1-20-12-10-18(13-16-9-11-21-14-16)17(19)8-7-15-5-3-2-4-6-15/h2-9,11,14H,10,12-13H2,1H3/b8-7+. The molecule has 4 heteroatoms. The normalized spacial score (nSPS) is 10.9. The molecule has 0 aliphatic heterocycles. The number of amides is 1. The van der Waals surface area contributed by atoms with Crippen LogP contribution >= 0.6 is 0 Å². The van der Waals surface area contributed by atoms with Crippen LogP contribution in [-0.4, -0.2) is 31.1 Å². The average Bonchev–Trinajstić information content (AvgIpc) is 3.03. The molecule has 0 radical (unpaired) electrons.